The van der Waals surface area contributed by atoms with Gasteiger partial charge in [0.05, 0.1) is 5.75 Å². The summed E-state index contributed by atoms with van der Waals surface area (Å²) in [6.45, 7) is 1.33. The first-order chi connectivity index (χ1) is 8.58. The topological polar surface area (TPSA) is 62.3 Å². The standard InChI is InChI=1S/C12H19N3O2S/c1-15(9-11-4-7-13-8-5-11)18(16,17)10-12-3-2-6-14-12/h4-5,7-8,12,14H,2-3,6,9-10H2,1H3. The number of aromatic nitrogens is 1. The van der Waals surface area contributed by atoms with E-state index in [0.29, 0.717) is 6.54 Å². The highest BCUT2D eigenvalue weighted by molar-refractivity contribution is 7.89. The fraction of sp³-hybridized carbons (Fsp3) is 0.583. The van der Waals surface area contributed by atoms with Crippen LogP contribution in [0.3, 0.4) is 0 Å². The van der Waals surface area contributed by atoms with Crippen molar-refractivity contribution in [3.63, 3.8) is 0 Å². The molecule has 0 radical (unpaired) electrons. The van der Waals surface area contributed by atoms with Gasteiger partial charge in [0.25, 0.3) is 0 Å². The minimum atomic E-state index is -3.19. The summed E-state index contributed by atoms with van der Waals surface area (Å²) in [6.07, 6.45) is 5.36. The van der Waals surface area contributed by atoms with E-state index in [1.165, 1.54) is 4.31 Å². The van der Waals surface area contributed by atoms with E-state index in [9.17, 15) is 8.42 Å². The molecule has 0 bridgehead atoms. The molecule has 1 aliphatic heterocycles. The average molecular weight is 269 g/mol. The first kappa shape index (κ1) is 13.5. The molecule has 100 valence electrons. The van der Waals surface area contributed by atoms with Crippen LogP contribution >= 0.6 is 0 Å². The van der Waals surface area contributed by atoms with Crippen LogP contribution in [-0.4, -0.2) is 43.1 Å². The third kappa shape index (κ3) is 3.51. The Labute approximate surface area is 108 Å². The summed E-state index contributed by atoms with van der Waals surface area (Å²) in [5.41, 5.74) is 0.954. The van der Waals surface area contributed by atoms with Crippen molar-refractivity contribution in [3.8, 4) is 0 Å². The lowest BCUT2D eigenvalue weighted by Crippen LogP contribution is -2.37. The first-order valence-corrected chi connectivity index (χ1v) is 7.75. The van der Waals surface area contributed by atoms with Gasteiger partial charge in [-0.25, -0.2) is 12.7 Å². The Bertz CT molecular complexity index is 469. The van der Waals surface area contributed by atoms with Crippen molar-refractivity contribution in [3.05, 3.63) is 30.1 Å². The van der Waals surface area contributed by atoms with E-state index >= 15 is 0 Å². The van der Waals surface area contributed by atoms with Crippen molar-refractivity contribution < 1.29 is 8.42 Å². The number of sulfonamides is 1. The molecule has 0 saturated carbocycles. The second-order valence-corrected chi connectivity index (χ2v) is 6.80. The van der Waals surface area contributed by atoms with Crippen molar-refractivity contribution in [1.82, 2.24) is 14.6 Å². The molecule has 0 aliphatic carbocycles. The fourth-order valence-electron chi connectivity index (χ4n) is 2.12. The molecular formula is C12H19N3O2S. The molecule has 1 aliphatic rings. The Morgan fingerprint density at radius 2 is 2.17 bits per heavy atom. The molecule has 1 atom stereocenters. The van der Waals surface area contributed by atoms with Crippen LogP contribution in [0, 0.1) is 0 Å². The fourth-order valence-corrected chi connectivity index (χ4v) is 3.52. The van der Waals surface area contributed by atoms with Crippen LogP contribution in [0.25, 0.3) is 0 Å². The minimum absolute atomic E-state index is 0.106. The van der Waals surface area contributed by atoms with E-state index in [2.05, 4.69) is 10.3 Å². The van der Waals surface area contributed by atoms with Gasteiger partial charge in [-0.1, -0.05) is 0 Å². The number of hydrogen-bond acceptors (Lipinski definition) is 4. The molecule has 6 heteroatoms. The molecule has 0 spiro atoms. The summed E-state index contributed by atoms with van der Waals surface area (Å²) in [5, 5.41) is 3.22. The van der Waals surface area contributed by atoms with Crippen molar-refractivity contribution in [2.24, 2.45) is 0 Å². The minimum Gasteiger partial charge on any atom is -0.313 e. The van der Waals surface area contributed by atoms with Gasteiger partial charge in [0.2, 0.25) is 10.0 Å². The van der Waals surface area contributed by atoms with Gasteiger partial charge in [-0.3, -0.25) is 4.98 Å². The van der Waals surface area contributed by atoms with Gasteiger partial charge in [-0.15, -0.1) is 0 Å². The van der Waals surface area contributed by atoms with Gasteiger partial charge in [-0.05, 0) is 37.1 Å². The van der Waals surface area contributed by atoms with E-state index in [0.717, 1.165) is 24.9 Å². The summed E-state index contributed by atoms with van der Waals surface area (Å²) >= 11 is 0. The van der Waals surface area contributed by atoms with Crippen LogP contribution in [0.5, 0.6) is 0 Å². The number of rotatable bonds is 5. The maximum absolute atomic E-state index is 12.2. The first-order valence-electron chi connectivity index (χ1n) is 6.14. The van der Waals surface area contributed by atoms with Crippen molar-refractivity contribution in [2.75, 3.05) is 19.3 Å². The second-order valence-electron chi connectivity index (χ2n) is 4.68. The third-order valence-corrected chi connectivity index (χ3v) is 5.11. The molecular weight excluding hydrogens is 250 g/mol. The average Bonchev–Trinajstić information content (AvgIpc) is 2.82. The molecule has 1 unspecified atom stereocenters. The number of hydrogen-bond donors (Lipinski definition) is 1. The Balaban J connectivity index is 1.96. The van der Waals surface area contributed by atoms with Crippen LogP contribution in [0.2, 0.25) is 0 Å². The van der Waals surface area contributed by atoms with Gasteiger partial charge < -0.3 is 5.32 Å². The lowest BCUT2D eigenvalue weighted by Gasteiger charge is -2.19. The Morgan fingerprint density at radius 3 is 2.78 bits per heavy atom. The molecule has 2 heterocycles. The highest BCUT2D eigenvalue weighted by atomic mass is 32.2. The zero-order valence-electron chi connectivity index (χ0n) is 10.5. The molecule has 2 rings (SSSR count). The summed E-state index contributed by atoms with van der Waals surface area (Å²) in [7, 11) is -1.56. The Morgan fingerprint density at radius 1 is 1.44 bits per heavy atom. The molecule has 0 amide bonds. The van der Waals surface area contributed by atoms with Crippen LogP contribution in [-0.2, 0) is 16.6 Å². The maximum Gasteiger partial charge on any atom is 0.215 e. The van der Waals surface area contributed by atoms with Gasteiger partial charge in [0, 0.05) is 32.0 Å². The zero-order valence-corrected chi connectivity index (χ0v) is 11.4. The third-order valence-electron chi connectivity index (χ3n) is 3.20. The maximum atomic E-state index is 12.2. The summed E-state index contributed by atoms with van der Waals surface area (Å²) < 4.78 is 25.7. The summed E-state index contributed by atoms with van der Waals surface area (Å²) in [6, 6.07) is 3.77. The van der Waals surface area contributed by atoms with E-state index < -0.39 is 10.0 Å². The van der Waals surface area contributed by atoms with Crippen molar-refractivity contribution >= 4 is 10.0 Å². The quantitative estimate of drug-likeness (QED) is 0.850. The number of nitrogens with one attached hydrogen (secondary N) is 1. The monoisotopic (exact) mass is 269 g/mol. The highest BCUT2D eigenvalue weighted by Crippen LogP contribution is 2.12. The Kier molecular flexibility index (Phi) is 4.31. The van der Waals surface area contributed by atoms with Gasteiger partial charge in [-0.2, -0.15) is 0 Å². The zero-order chi connectivity index (χ0) is 13.0. The van der Waals surface area contributed by atoms with E-state index in [1.807, 2.05) is 12.1 Å². The van der Waals surface area contributed by atoms with Crippen molar-refractivity contribution in [2.45, 2.75) is 25.4 Å². The predicted molar refractivity (Wildman–Crippen MR) is 70.5 cm³/mol. The van der Waals surface area contributed by atoms with E-state index in [4.69, 9.17) is 0 Å². The SMILES string of the molecule is CN(Cc1ccncc1)S(=O)(=O)CC1CCCN1. The van der Waals surface area contributed by atoms with Crippen molar-refractivity contribution in [1.29, 1.82) is 0 Å². The lowest BCUT2D eigenvalue weighted by molar-refractivity contribution is 0.459. The lowest BCUT2D eigenvalue weighted by atomic mass is 10.3. The molecule has 1 N–H and O–H groups in total. The van der Waals surface area contributed by atoms with Crippen LogP contribution in [0.1, 0.15) is 18.4 Å². The number of nitrogens with zero attached hydrogens (tertiary/aromatic N) is 2. The van der Waals surface area contributed by atoms with Gasteiger partial charge in [0.15, 0.2) is 0 Å². The molecule has 18 heavy (non-hydrogen) atoms. The second kappa shape index (κ2) is 5.77. The van der Waals surface area contributed by atoms with E-state index in [-0.39, 0.29) is 11.8 Å². The molecule has 1 aromatic rings. The molecule has 1 saturated heterocycles. The van der Waals surface area contributed by atoms with Crippen LogP contribution in [0.4, 0.5) is 0 Å². The summed E-state index contributed by atoms with van der Waals surface area (Å²) in [4.78, 5) is 3.92. The van der Waals surface area contributed by atoms with Crippen LogP contribution in [0.15, 0.2) is 24.5 Å². The normalized spacial score (nSPS) is 20.4. The largest absolute Gasteiger partial charge is 0.313 e. The molecule has 0 aromatic carbocycles. The predicted octanol–water partition coefficient (Wildman–Crippen LogP) is 0.595. The van der Waals surface area contributed by atoms with Gasteiger partial charge in [0.1, 0.15) is 0 Å². The van der Waals surface area contributed by atoms with Gasteiger partial charge >= 0.3 is 0 Å². The molecule has 1 aromatic heterocycles. The Hall–Kier alpha value is -0.980. The highest BCUT2D eigenvalue weighted by Gasteiger charge is 2.25. The van der Waals surface area contributed by atoms with E-state index in [1.54, 1.807) is 19.4 Å². The molecule has 1 fully saturated rings. The van der Waals surface area contributed by atoms with Crippen LogP contribution < -0.4 is 5.32 Å². The smallest absolute Gasteiger partial charge is 0.215 e. The number of pyridine rings is 1. The molecule has 5 nitrogen and oxygen atoms in total. The summed E-state index contributed by atoms with van der Waals surface area (Å²) in [5.74, 6) is 0.189.